The molecule has 210 valence electrons. The van der Waals surface area contributed by atoms with Crippen molar-refractivity contribution in [3.05, 3.63) is 0 Å². The van der Waals surface area contributed by atoms with Crippen molar-refractivity contribution in [2.45, 2.75) is 90.6 Å². The average Bonchev–Trinajstić information content (AvgIpc) is 2.68. The van der Waals surface area contributed by atoms with Crippen molar-refractivity contribution in [1.29, 1.82) is 0 Å². The molecule has 0 fully saturated rings. The van der Waals surface area contributed by atoms with Gasteiger partial charge in [-0.3, -0.25) is 8.98 Å². The second kappa shape index (κ2) is 14.8. The van der Waals surface area contributed by atoms with Crippen LogP contribution in [0.3, 0.4) is 0 Å². The lowest BCUT2D eigenvalue weighted by Gasteiger charge is -2.22. The first-order valence-electron chi connectivity index (χ1n) is 11.5. The molecule has 2 unspecified atom stereocenters. The molecule has 13 nitrogen and oxygen atoms in total. The highest BCUT2D eigenvalue weighted by molar-refractivity contribution is 7.86. The van der Waals surface area contributed by atoms with Crippen LogP contribution in [0.25, 0.3) is 0 Å². The van der Waals surface area contributed by atoms with Gasteiger partial charge in [0, 0.05) is 6.54 Å². The second-order valence-corrected chi connectivity index (χ2v) is 11.7. The topological polar surface area (TPSA) is 175 Å². The molecule has 0 aromatic heterocycles. The summed E-state index contributed by atoms with van der Waals surface area (Å²) in [6.45, 7) is 9.62. The molecule has 14 heteroatoms. The van der Waals surface area contributed by atoms with E-state index in [0.717, 1.165) is 6.26 Å². The van der Waals surface area contributed by atoms with Crippen LogP contribution in [0.1, 0.15) is 67.2 Å². The fourth-order valence-electron chi connectivity index (χ4n) is 2.77. The van der Waals surface area contributed by atoms with Gasteiger partial charge in [-0.2, -0.15) is 8.42 Å². The monoisotopic (exact) mass is 539 g/mol. The van der Waals surface area contributed by atoms with E-state index in [1.54, 1.807) is 41.5 Å². The molecule has 0 aromatic carbocycles. The molecule has 0 aromatic rings. The molecule has 0 heterocycles. The standard InChI is InChI=1S/C22H41N3O10S/c1-21(2,3)33-19(28)23-13-15(35-36(8,30)31)11-9-10-12-16(18(27)32-7)25-17(26)14-24-20(29)34-22(4,5)6/h15-16H,9-14H2,1-8H3,(H,23,28)(H,24,29)(H,25,26). The minimum atomic E-state index is -3.79. The summed E-state index contributed by atoms with van der Waals surface area (Å²) in [5.74, 6) is -1.28. The van der Waals surface area contributed by atoms with E-state index in [1.807, 2.05) is 0 Å². The van der Waals surface area contributed by atoms with Crippen LogP contribution in [0.15, 0.2) is 0 Å². The Hall–Kier alpha value is -2.61. The fraction of sp³-hybridized carbons (Fsp3) is 0.818. The van der Waals surface area contributed by atoms with Crippen molar-refractivity contribution in [3.8, 4) is 0 Å². The normalized spacial score (nSPS) is 13.7. The van der Waals surface area contributed by atoms with Crippen molar-refractivity contribution in [1.82, 2.24) is 16.0 Å². The number of carbonyl (C=O) groups is 4. The summed E-state index contributed by atoms with van der Waals surface area (Å²) >= 11 is 0. The molecule has 0 radical (unpaired) electrons. The predicted octanol–water partition coefficient (Wildman–Crippen LogP) is 1.60. The highest BCUT2D eigenvalue weighted by atomic mass is 32.2. The Balaban J connectivity index is 4.78. The molecular weight excluding hydrogens is 498 g/mol. The van der Waals surface area contributed by atoms with Gasteiger partial charge in [-0.05, 0) is 54.4 Å². The number of amides is 3. The zero-order valence-electron chi connectivity index (χ0n) is 22.4. The van der Waals surface area contributed by atoms with Crippen LogP contribution in [-0.4, -0.2) is 82.3 Å². The van der Waals surface area contributed by atoms with Crippen LogP contribution in [0, 0.1) is 0 Å². The van der Waals surface area contributed by atoms with Crippen LogP contribution in [0.4, 0.5) is 9.59 Å². The number of alkyl carbamates (subject to hydrolysis) is 2. The summed E-state index contributed by atoms with van der Waals surface area (Å²) in [5.41, 5.74) is -1.44. The number of unbranched alkanes of at least 4 members (excludes halogenated alkanes) is 1. The fourth-order valence-corrected chi connectivity index (χ4v) is 3.43. The third-order valence-electron chi connectivity index (χ3n) is 4.07. The van der Waals surface area contributed by atoms with Gasteiger partial charge in [-0.15, -0.1) is 0 Å². The Morgan fingerprint density at radius 1 is 0.833 bits per heavy atom. The van der Waals surface area contributed by atoms with E-state index in [2.05, 4.69) is 16.0 Å². The molecule has 0 aliphatic heterocycles. The van der Waals surface area contributed by atoms with Crippen LogP contribution < -0.4 is 16.0 Å². The number of esters is 1. The minimum Gasteiger partial charge on any atom is -0.467 e. The van der Waals surface area contributed by atoms with E-state index in [-0.39, 0.29) is 19.4 Å². The Morgan fingerprint density at radius 2 is 1.33 bits per heavy atom. The average molecular weight is 540 g/mol. The third kappa shape index (κ3) is 18.7. The maximum atomic E-state index is 12.2. The first-order chi connectivity index (χ1) is 16.3. The minimum absolute atomic E-state index is 0.102. The molecular formula is C22H41N3O10S. The van der Waals surface area contributed by atoms with E-state index in [1.165, 1.54) is 7.11 Å². The number of hydrogen-bond donors (Lipinski definition) is 3. The summed E-state index contributed by atoms with van der Waals surface area (Å²) in [4.78, 5) is 47.8. The van der Waals surface area contributed by atoms with Gasteiger partial charge in [0.05, 0.1) is 19.5 Å². The molecule has 0 aliphatic rings. The highest BCUT2D eigenvalue weighted by Crippen LogP contribution is 2.12. The van der Waals surface area contributed by atoms with Gasteiger partial charge in [0.25, 0.3) is 10.1 Å². The van der Waals surface area contributed by atoms with E-state index >= 15 is 0 Å². The number of carbonyl (C=O) groups excluding carboxylic acids is 4. The summed E-state index contributed by atoms with van der Waals surface area (Å²) in [5, 5.41) is 7.26. The number of nitrogens with one attached hydrogen (secondary N) is 3. The van der Waals surface area contributed by atoms with Crippen molar-refractivity contribution in [3.63, 3.8) is 0 Å². The molecule has 0 spiro atoms. The number of rotatable bonds is 13. The van der Waals surface area contributed by atoms with E-state index in [4.69, 9.17) is 18.4 Å². The van der Waals surface area contributed by atoms with E-state index < -0.39 is 64.1 Å². The van der Waals surface area contributed by atoms with E-state index in [0.29, 0.717) is 12.8 Å². The Morgan fingerprint density at radius 3 is 1.81 bits per heavy atom. The number of hydrogen-bond acceptors (Lipinski definition) is 10. The Bertz CT molecular complexity index is 847. The predicted molar refractivity (Wildman–Crippen MR) is 131 cm³/mol. The molecule has 2 atom stereocenters. The van der Waals surface area contributed by atoms with Crippen molar-refractivity contribution < 1.29 is 46.0 Å². The smallest absolute Gasteiger partial charge is 0.408 e. The summed E-state index contributed by atoms with van der Waals surface area (Å²) in [6, 6.07) is -0.975. The van der Waals surface area contributed by atoms with Gasteiger partial charge in [-0.1, -0.05) is 12.8 Å². The summed E-state index contributed by atoms with van der Waals surface area (Å²) in [7, 11) is -2.61. The molecule has 3 amide bonds. The zero-order chi connectivity index (χ0) is 28.2. The Kier molecular flexibility index (Phi) is 13.8. The van der Waals surface area contributed by atoms with Crippen LogP contribution in [0.5, 0.6) is 0 Å². The number of ether oxygens (including phenoxy) is 3. The zero-order valence-corrected chi connectivity index (χ0v) is 23.2. The van der Waals surface area contributed by atoms with Crippen LogP contribution in [0.2, 0.25) is 0 Å². The maximum absolute atomic E-state index is 12.2. The van der Waals surface area contributed by atoms with Gasteiger partial charge in [-0.25, -0.2) is 14.4 Å². The molecule has 0 saturated carbocycles. The van der Waals surface area contributed by atoms with Crippen LogP contribution >= 0.6 is 0 Å². The molecule has 0 aliphatic carbocycles. The molecule has 3 N–H and O–H groups in total. The van der Waals surface area contributed by atoms with Crippen LogP contribution in [-0.2, 0) is 38.1 Å². The highest BCUT2D eigenvalue weighted by Gasteiger charge is 2.24. The second-order valence-electron chi connectivity index (χ2n) is 10.1. The van der Waals surface area contributed by atoms with Crippen molar-refractivity contribution in [2.24, 2.45) is 0 Å². The molecule has 0 saturated heterocycles. The quantitative estimate of drug-likeness (QED) is 0.135. The maximum Gasteiger partial charge on any atom is 0.408 e. The lowest BCUT2D eigenvalue weighted by molar-refractivity contribution is -0.145. The number of methoxy groups -OCH3 is 1. The van der Waals surface area contributed by atoms with Gasteiger partial charge in [0.2, 0.25) is 5.91 Å². The summed E-state index contributed by atoms with van der Waals surface area (Å²) in [6.07, 6.45) is -0.188. The van der Waals surface area contributed by atoms with Gasteiger partial charge in [0.1, 0.15) is 23.8 Å². The largest absolute Gasteiger partial charge is 0.467 e. The SMILES string of the molecule is COC(=O)C(CCCCC(CNC(=O)OC(C)(C)C)OS(C)(=O)=O)NC(=O)CNC(=O)OC(C)(C)C. The molecule has 0 rings (SSSR count). The first-order valence-corrected chi connectivity index (χ1v) is 13.3. The first kappa shape index (κ1) is 33.4. The van der Waals surface area contributed by atoms with E-state index in [9.17, 15) is 27.6 Å². The summed E-state index contributed by atoms with van der Waals surface area (Å²) < 4.78 is 43.1. The Labute approximate surface area is 213 Å². The van der Waals surface area contributed by atoms with Gasteiger partial charge >= 0.3 is 18.2 Å². The molecule has 0 bridgehead atoms. The lowest BCUT2D eigenvalue weighted by atomic mass is 10.1. The lowest BCUT2D eigenvalue weighted by Crippen LogP contribution is -2.46. The third-order valence-corrected chi connectivity index (χ3v) is 4.69. The van der Waals surface area contributed by atoms with Crippen molar-refractivity contribution >= 4 is 34.2 Å². The molecule has 36 heavy (non-hydrogen) atoms. The van der Waals surface area contributed by atoms with Gasteiger partial charge in [0.15, 0.2) is 0 Å². The van der Waals surface area contributed by atoms with Crippen molar-refractivity contribution in [2.75, 3.05) is 26.5 Å². The van der Waals surface area contributed by atoms with Gasteiger partial charge < -0.3 is 30.2 Å².